The average Bonchev–Trinajstić information content (AvgIpc) is 3.61. The number of nitrogens with zero attached hydrogens (tertiary/aromatic N) is 5. The number of nitrogens with one attached hydrogen (secondary N) is 1. The van der Waals surface area contributed by atoms with Crippen molar-refractivity contribution >= 4 is 17.3 Å². The number of hydrogen-bond acceptors (Lipinski definition) is 5. The van der Waals surface area contributed by atoms with E-state index in [-0.39, 0.29) is 35.6 Å². The smallest absolute Gasteiger partial charge is 0.367 e. The molecule has 3 aromatic rings. The summed E-state index contributed by atoms with van der Waals surface area (Å²) in [6.07, 6.45) is -5.16. The monoisotopic (exact) mass is 570 g/mol. The maximum atomic E-state index is 15.8. The van der Waals surface area contributed by atoms with Crippen molar-refractivity contribution in [1.29, 1.82) is 0 Å². The Hall–Kier alpha value is -3.68. The molecule has 0 bridgehead atoms. The predicted molar refractivity (Wildman–Crippen MR) is 132 cm³/mol. The molecule has 2 aliphatic heterocycles. The Labute approximate surface area is 224 Å². The molecule has 214 valence electrons. The molecule has 14 heteroatoms. The molecule has 0 aliphatic carbocycles. The summed E-state index contributed by atoms with van der Waals surface area (Å²) >= 11 is 0. The number of anilines is 2. The van der Waals surface area contributed by atoms with Crippen LogP contribution >= 0.6 is 0 Å². The van der Waals surface area contributed by atoms with Gasteiger partial charge in [0.05, 0.1) is 18.2 Å². The van der Waals surface area contributed by atoms with Crippen molar-refractivity contribution in [3.63, 3.8) is 0 Å². The maximum absolute atomic E-state index is 15.8. The normalized spacial score (nSPS) is 21.1. The number of carbonyl (C=O) groups excluding carboxylic acids is 1. The molecule has 1 saturated heterocycles. The minimum Gasteiger partial charge on any atom is -0.367 e. The van der Waals surface area contributed by atoms with E-state index in [0.717, 1.165) is 34.0 Å². The molecule has 3 atom stereocenters. The zero-order chi connectivity index (χ0) is 29.2. The highest BCUT2D eigenvalue weighted by molar-refractivity contribution is 6.11. The summed E-state index contributed by atoms with van der Waals surface area (Å²) in [7, 11) is 2.68. The van der Waals surface area contributed by atoms with Crippen molar-refractivity contribution in [3.05, 3.63) is 70.8 Å². The molecule has 1 N–H and O–H groups in total. The molecule has 0 saturated carbocycles. The third kappa shape index (κ3) is 4.38. The van der Waals surface area contributed by atoms with E-state index < -0.39 is 59.4 Å². The number of aryl methyl sites for hydroxylation is 1. The fourth-order valence-electron chi connectivity index (χ4n) is 5.19. The van der Waals surface area contributed by atoms with Gasteiger partial charge in [-0.15, -0.1) is 10.2 Å². The van der Waals surface area contributed by atoms with Crippen molar-refractivity contribution in [3.8, 4) is 0 Å². The van der Waals surface area contributed by atoms with E-state index >= 15 is 13.2 Å². The SMILES string of the molecule is CN(c1cc2c(c(C(F)(F)F)c1)CN(c1cccc([C@@](C)(F)C(F)(F)c3nncn3C)c1)C2=O)[C@@H]1CNC[C@H]1F. The second-order valence-corrected chi connectivity index (χ2v) is 10.2. The minimum atomic E-state index is -4.84. The highest BCUT2D eigenvalue weighted by Gasteiger charge is 2.57. The molecule has 3 heterocycles. The summed E-state index contributed by atoms with van der Waals surface area (Å²) < 4.78 is 104. The Bertz CT molecular complexity index is 1450. The van der Waals surface area contributed by atoms with Crippen LogP contribution in [0.15, 0.2) is 42.7 Å². The van der Waals surface area contributed by atoms with Gasteiger partial charge in [-0.1, -0.05) is 12.1 Å². The van der Waals surface area contributed by atoms with Gasteiger partial charge in [0, 0.05) is 44.1 Å². The largest absolute Gasteiger partial charge is 0.416 e. The number of amides is 1. The summed E-state index contributed by atoms with van der Waals surface area (Å²) in [4.78, 5) is 15.7. The van der Waals surface area contributed by atoms with E-state index in [9.17, 15) is 22.4 Å². The first-order chi connectivity index (χ1) is 18.6. The van der Waals surface area contributed by atoms with Gasteiger partial charge in [0.1, 0.15) is 12.5 Å². The lowest BCUT2D eigenvalue weighted by Gasteiger charge is -2.30. The van der Waals surface area contributed by atoms with Crippen molar-refractivity contribution in [1.82, 2.24) is 20.1 Å². The maximum Gasteiger partial charge on any atom is 0.416 e. The van der Waals surface area contributed by atoms with Crippen LogP contribution in [-0.2, 0) is 31.4 Å². The summed E-state index contributed by atoms with van der Waals surface area (Å²) in [5, 5.41) is 9.55. The number of halogens is 7. The van der Waals surface area contributed by atoms with Gasteiger partial charge in [-0.05, 0) is 42.3 Å². The number of alkyl halides is 7. The van der Waals surface area contributed by atoms with Gasteiger partial charge in [0.15, 0.2) is 0 Å². The minimum absolute atomic E-state index is 0.00558. The molecule has 0 radical (unpaired) electrons. The highest BCUT2D eigenvalue weighted by atomic mass is 19.4. The van der Waals surface area contributed by atoms with Crippen LogP contribution in [0.5, 0.6) is 0 Å². The second kappa shape index (κ2) is 9.46. The van der Waals surface area contributed by atoms with E-state index in [1.54, 1.807) is 0 Å². The fraction of sp³-hybridized carbons (Fsp3) is 0.423. The summed E-state index contributed by atoms with van der Waals surface area (Å²) in [6, 6.07) is 6.07. The van der Waals surface area contributed by atoms with Gasteiger partial charge in [0.2, 0.25) is 11.5 Å². The van der Waals surface area contributed by atoms with Gasteiger partial charge in [-0.3, -0.25) is 4.79 Å². The molecule has 1 fully saturated rings. The molecule has 2 aromatic carbocycles. The Morgan fingerprint density at radius 1 is 1.07 bits per heavy atom. The average molecular weight is 571 g/mol. The number of hydrogen-bond donors (Lipinski definition) is 1. The van der Waals surface area contributed by atoms with Crippen LogP contribution < -0.4 is 15.1 Å². The number of benzene rings is 2. The first kappa shape index (κ1) is 27.9. The van der Waals surface area contributed by atoms with Crippen molar-refractivity contribution in [2.45, 2.75) is 43.4 Å². The van der Waals surface area contributed by atoms with E-state index in [1.165, 1.54) is 37.2 Å². The predicted octanol–water partition coefficient (Wildman–Crippen LogP) is 4.72. The first-order valence-electron chi connectivity index (χ1n) is 12.3. The van der Waals surface area contributed by atoms with Gasteiger partial charge in [0.25, 0.3) is 5.91 Å². The van der Waals surface area contributed by atoms with Crippen molar-refractivity contribution < 1.29 is 35.5 Å². The van der Waals surface area contributed by atoms with Crippen LogP contribution in [0.2, 0.25) is 0 Å². The molecule has 7 nitrogen and oxygen atoms in total. The van der Waals surface area contributed by atoms with Crippen LogP contribution in [0.25, 0.3) is 0 Å². The zero-order valence-electron chi connectivity index (χ0n) is 21.6. The molecule has 1 amide bonds. The number of fused-ring (bicyclic) bond motifs is 1. The second-order valence-electron chi connectivity index (χ2n) is 10.2. The third-order valence-corrected chi connectivity index (χ3v) is 7.63. The molecule has 1 aromatic heterocycles. The van der Waals surface area contributed by atoms with Gasteiger partial charge in [-0.25, -0.2) is 8.78 Å². The summed E-state index contributed by atoms with van der Waals surface area (Å²) in [5.41, 5.74) is -5.52. The molecule has 0 unspecified atom stereocenters. The highest BCUT2D eigenvalue weighted by Crippen LogP contribution is 2.48. The molecule has 5 rings (SSSR count). The van der Waals surface area contributed by atoms with Crippen LogP contribution in [0.1, 0.15) is 39.8 Å². The van der Waals surface area contributed by atoms with Crippen molar-refractivity contribution in [2.24, 2.45) is 7.05 Å². The van der Waals surface area contributed by atoms with Crippen LogP contribution in [0, 0.1) is 0 Å². The van der Waals surface area contributed by atoms with E-state index in [0.29, 0.717) is 6.92 Å². The van der Waals surface area contributed by atoms with Gasteiger partial charge in [-0.2, -0.15) is 22.0 Å². The summed E-state index contributed by atoms with van der Waals surface area (Å²) in [6.45, 7) is 0.402. The fourth-order valence-corrected chi connectivity index (χ4v) is 5.19. The Kier molecular flexibility index (Phi) is 6.59. The van der Waals surface area contributed by atoms with Gasteiger partial charge >= 0.3 is 12.1 Å². The standard InChI is InChI=1S/C26H25F7N6O/c1-24(28,25(29,30)23-36-35-13-37(23)2)14-5-4-6-15(7-14)39-12-18-17(22(39)40)8-16(9-19(18)26(31,32)33)38(3)21-11-34-10-20(21)27/h4-9,13,20-21,34H,10-12H2,1-3H3/t20-,21-,24-/m1/s1. The quantitative estimate of drug-likeness (QED) is 0.435. The number of aromatic nitrogens is 3. The lowest BCUT2D eigenvalue weighted by Crippen LogP contribution is -2.39. The Morgan fingerprint density at radius 3 is 2.40 bits per heavy atom. The Balaban J connectivity index is 1.52. The molecular formula is C26H25F7N6O. The first-order valence-corrected chi connectivity index (χ1v) is 12.3. The van der Waals surface area contributed by atoms with Crippen molar-refractivity contribution in [2.75, 3.05) is 29.9 Å². The summed E-state index contributed by atoms with van der Waals surface area (Å²) in [5.74, 6) is -5.89. The molecule has 40 heavy (non-hydrogen) atoms. The molecule has 2 aliphatic rings. The van der Waals surface area contributed by atoms with Crippen LogP contribution in [0.3, 0.4) is 0 Å². The third-order valence-electron chi connectivity index (χ3n) is 7.63. The lowest BCUT2D eigenvalue weighted by atomic mass is 9.90. The number of rotatable bonds is 6. The molecule has 0 spiro atoms. The number of likely N-dealkylation sites (N-methyl/N-ethyl adjacent to an activating group) is 1. The Morgan fingerprint density at radius 2 is 1.80 bits per heavy atom. The van der Waals surface area contributed by atoms with E-state index in [4.69, 9.17) is 0 Å². The number of carbonyl (C=O) groups is 1. The van der Waals surface area contributed by atoms with Gasteiger partial charge < -0.3 is 19.7 Å². The van der Waals surface area contributed by atoms with Crippen LogP contribution in [0.4, 0.5) is 42.1 Å². The lowest BCUT2D eigenvalue weighted by molar-refractivity contribution is -0.149. The molecular weight excluding hydrogens is 545 g/mol. The topological polar surface area (TPSA) is 66.3 Å². The van der Waals surface area contributed by atoms with E-state index in [1.807, 2.05) is 0 Å². The zero-order valence-corrected chi connectivity index (χ0v) is 21.6. The van der Waals surface area contributed by atoms with E-state index in [2.05, 4.69) is 15.5 Å². The van der Waals surface area contributed by atoms with Crippen LogP contribution in [-0.4, -0.2) is 53.0 Å².